The van der Waals surface area contributed by atoms with Gasteiger partial charge in [-0.2, -0.15) is 0 Å². The lowest BCUT2D eigenvalue weighted by molar-refractivity contribution is 0.910. The Bertz CT molecular complexity index is 1130. The van der Waals surface area contributed by atoms with Crippen LogP contribution in [-0.4, -0.2) is 9.55 Å². The Hall–Kier alpha value is -3.79. The van der Waals surface area contributed by atoms with Crippen LogP contribution in [0.3, 0.4) is 0 Å². The standard InChI is InChI=1S/C15H16N2.C11H13N.C2H5N/c1-3-12-9-10-16-15(11-12)17-14-8-6-5-7-13(14)4-2;1-8-9(2)12(3)11-7-5-4-6-10(8)11;1-2-3/h4-11H,2-3H2,1H3,(H,16,17);4-7H,1-3H3;2H,1,3H2. The second-order valence-electron chi connectivity index (χ2n) is 7.34. The SMILES string of the molecule is C=CN.C=Cc1ccccc1Nc1cc(CC)ccn1.Cc1c(C)n(C)c2ccccc12. The van der Waals surface area contributed by atoms with Crippen molar-refractivity contribution in [1.82, 2.24) is 9.55 Å². The number of fused-ring (bicyclic) bond motifs is 1. The molecule has 0 saturated heterocycles. The van der Waals surface area contributed by atoms with Gasteiger partial charge in [-0.15, -0.1) is 0 Å². The van der Waals surface area contributed by atoms with E-state index in [-0.39, 0.29) is 0 Å². The molecule has 4 heteroatoms. The minimum absolute atomic E-state index is 0.874. The first-order valence-electron chi connectivity index (χ1n) is 10.7. The van der Waals surface area contributed by atoms with Crippen molar-refractivity contribution in [3.8, 4) is 0 Å². The second kappa shape index (κ2) is 12.2. The van der Waals surface area contributed by atoms with Crippen molar-refractivity contribution < 1.29 is 0 Å². The Morgan fingerprint density at radius 1 is 1.03 bits per heavy atom. The molecule has 0 spiro atoms. The molecule has 32 heavy (non-hydrogen) atoms. The molecule has 2 aromatic heterocycles. The summed E-state index contributed by atoms with van der Waals surface area (Å²) in [6.07, 6.45) is 5.93. The first kappa shape index (κ1) is 24.5. The lowest BCUT2D eigenvalue weighted by atomic mass is 10.1. The van der Waals surface area contributed by atoms with Gasteiger partial charge in [0.1, 0.15) is 5.82 Å². The number of aryl methyl sites for hydroxylation is 3. The zero-order chi connectivity index (χ0) is 23.5. The van der Waals surface area contributed by atoms with Crippen LogP contribution in [0.25, 0.3) is 17.0 Å². The molecule has 0 radical (unpaired) electrons. The highest BCUT2D eigenvalue weighted by molar-refractivity contribution is 5.85. The van der Waals surface area contributed by atoms with E-state index in [2.05, 4.69) is 91.9 Å². The fourth-order valence-electron chi connectivity index (χ4n) is 3.40. The molecule has 4 aromatic rings. The van der Waals surface area contributed by atoms with Crippen LogP contribution in [0.1, 0.15) is 29.3 Å². The first-order valence-corrected chi connectivity index (χ1v) is 10.7. The van der Waals surface area contributed by atoms with Crippen LogP contribution in [-0.2, 0) is 13.5 Å². The number of pyridine rings is 1. The maximum absolute atomic E-state index is 4.61. The predicted octanol–water partition coefficient (Wildman–Crippen LogP) is 6.91. The van der Waals surface area contributed by atoms with Gasteiger partial charge in [0.05, 0.1) is 0 Å². The van der Waals surface area contributed by atoms with E-state index in [0.717, 1.165) is 23.5 Å². The molecular formula is C28H34N4. The van der Waals surface area contributed by atoms with Crippen molar-refractivity contribution in [2.45, 2.75) is 27.2 Å². The highest BCUT2D eigenvalue weighted by atomic mass is 15.0. The summed E-state index contributed by atoms with van der Waals surface area (Å²) < 4.78 is 2.24. The molecule has 2 heterocycles. The van der Waals surface area contributed by atoms with Crippen molar-refractivity contribution in [2.75, 3.05) is 5.32 Å². The topological polar surface area (TPSA) is 55.9 Å². The van der Waals surface area contributed by atoms with Crippen molar-refractivity contribution in [1.29, 1.82) is 0 Å². The minimum Gasteiger partial charge on any atom is -0.405 e. The number of hydrogen-bond donors (Lipinski definition) is 2. The van der Waals surface area contributed by atoms with Gasteiger partial charge in [0.15, 0.2) is 0 Å². The number of nitrogens with one attached hydrogen (secondary N) is 1. The number of para-hydroxylation sites is 2. The van der Waals surface area contributed by atoms with Gasteiger partial charge in [0, 0.05) is 35.5 Å². The molecule has 0 bridgehead atoms. The summed E-state index contributed by atoms with van der Waals surface area (Å²) in [7, 11) is 2.12. The van der Waals surface area contributed by atoms with Gasteiger partial charge in [0.2, 0.25) is 0 Å². The second-order valence-corrected chi connectivity index (χ2v) is 7.34. The van der Waals surface area contributed by atoms with Crippen LogP contribution in [0, 0.1) is 13.8 Å². The zero-order valence-electron chi connectivity index (χ0n) is 19.6. The van der Waals surface area contributed by atoms with Crippen LogP contribution in [0.5, 0.6) is 0 Å². The molecule has 0 saturated carbocycles. The number of nitrogens with two attached hydrogens (primary N) is 1. The summed E-state index contributed by atoms with van der Waals surface area (Å²) in [6, 6.07) is 20.7. The molecule has 166 valence electrons. The Labute approximate surface area is 192 Å². The van der Waals surface area contributed by atoms with E-state index in [1.165, 1.54) is 33.9 Å². The van der Waals surface area contributed by atoms with Crippen molar-refractivity contribution in [2.24, 2.45) is 12.8 Å². The van der Waals surface area contributed by atoms with Gasteiger partial charge in [-0.05, 0) is 67.4 Å². The molecule has 2 aromatic carbocycles. The average molecular weight is 427 g/mol. The normalized spacial score (nSPS) is 9.75. The lowest BCUT2D eigenvalue weighted by Crippen LogP contribution is -1.96. The molecule has 0 aliphatic carbocycles. The smallest absolute Gasteiger partial charge is 0.130 e. The van der Waals surface area contributed by atoms with Crippen LogP contribution in [0.15, 0.2) is 86.2 Å². The van der Waals surface area contributed by atoms with Gasteiger partial charge in [-0.3, -0.25) is 0 Å². The summed E-state index contributed by atoms with van der Waals surface area (Å²) in [5.74, 6) is 0.874. The van der Waals surface area contributed by atoms with Gasteiger partial charge in [0.25, 0.3) is 0 Å². The summed E-state index contributed by atoms with van der Waals surface area (Å²) >= 11 is 0. The highest BCUT2D eigenvalue weighted by Crippen LogP contribution is 2.23. The molecule has 0 aliphatic rings. The van der Waals surface area contributed by atoms with Gasteiger partial charge in [-0.25, -0.2) is 4.98 Å². The number of benzene rings is 2. The number of nitrogens with zero attached hydrogens (tertiary/aromatic N) is 2. The minimum atomic E-state index is 0.874. The monoisotopic (exact) mass is 426 g/mol. The van der Waals surface area contributed by atoms with E-state index in [4.69, 9.17) is 0 Å². The van der Waals surface area contributed by atoms with Crippen molar-refractivity contribution in [3.05, 3.63) is 109 Å². The molecule has 0 unspecified atom stereocenters. The Balaban J connectivity index is 0.000000211. The molecule has 0 fully saturated rings. The maximum Gasteiger partial charge on any atom is 0.130 e. The molecule has 4 rings (SSSR count). The lowest BCUT2D eigenvalue weighted by Gasteiger charge is -2.09. The van der Waals surface area contributed by atoms with E-state index < -0.39 is 0 Å². The van der Waals surface area contributed by atoms with E-state index in [9.17, 15) is 0 Å². The molecule has 0 aliphatic heterocycles. The third kappa shape index (κ3) is 6.11. The average Bonchev–Trinajstić information content (AvgIpc) is 3.05. The predicted molar refractivity (Wildman–Crippen MR) is 140 cm³/mol. The fourth-order valence-corrected chi connectivity index (χ4v) is 3.40. The third-order valence-electron chi connectivity index (χ3n) is 5.39. The van der Waals surface area contributed by atoms with Crippen LogP contribution >= 0.6 is 0 Å². The number of hydrogen-bond acceptors (Lipinski definition) is 3. The number of aromatic nitrogens is 2. The van der Waals surface area contributed by atoms with E-state index in [0.29, 0.717) is 0 Å². The van der Waals surface area contributed by atoms with Gasteiger partial charge < -0.3 is 15.6 Å². The van der Waals surface area contributed by atoms with Crippen LogP contribution in [0.2, 0.25) is 0 Å². The summed E-state index contributed by atoms with van der Waals surface area (Å²) in [4.78, 5) is 4.31. The van der Waals surface area contributed by atoms with Crippen LogP contribution in [0.4, 0.5) is 11.5 Å². The molecule has 4 nitrogen and oxygen atoms in total. The molecule has 0 atom stereocenters. The van der Waals surface area contributed by atoms with Gasteiger partial charge >= 0.3 is 0 Å². The largest absolute Gasteiger partial charge is 0.405 e. The Kier molecular flexibility index (Phi) is 9.30. The first-order chi connectivity index (χ1) is 15.5. The molecule has 3 N–H and O–H groups in total. The summed E-state index contributed by atoms with van der Waals surface area (Å²) in [6.45, 7) is 13.4. The molecule has 0 amide bonds. The maximum atomic E-state index is 4.61. The highest BCUT2D eigenvalue weighted by Gasteiger charge is 2.05. The van der Waals surface area contributed by atoms with E-state index in [1.54, 1.807) is 0 Å². The van der Waals surface area contributed by atoms with Crippen molar-refractivity contribution >= 4 is 28.5 Å². The van der Waals surface area contributed by atoms with E-state index >= 15 is 0 Å². The van der Waals surface area contributed by atoms with Gasteiger partial charge in [-0.1, -0.05) is 62.6 Å². The molecular weight excluding hydrogens is 392 g/mol. The summed E-state index contributed by atoms with van der Waals surface area (Å²) in [5.41, 5.74) is 12.1. The third-order valence-corrected chi connectivity index (χ3v) is 5.39. The number of anilines is 2. The Morgan fingerprint density at radius 2 is 1.69 bits per heavy atom. The van der Waals surface area contributed by atoms with E-state index in [1.807, 2.05) is 42.6 Å². The number of rotatable bonds is 4. The zero-order valence-corrected chi connectivity index (χ0v) is 19.6. The summed E-state index contributed by atoms with van der Waals surface area (Å²) in [5, 5.41) is 4.69. The Morgan fingerprint density at radius 3 is 2.34 bits per heavy atom. The fraction of sp³-hybridized carbons (Fsp3) is 0.179. The van der Waals surface area contributed by atoms with Crippen molar-refractivity contribution in [3.63, 3.8) is 0 Å². The van der Waals surface area contributed by atoms with Crippen LogP contribution < -0.4 is 11.1 Å². The quantitative estimate of drug-likeness (QED) is 0.372.